The molecule has 1 saturated heterocycles. The normalized spacial score (nSPS) is 25.7. The summed E-state index contributed by atoms with van der Waals surface area (Å²) in [5, 5.41) is 3.40. The van der Waals surface area contributed by atoms with Crippen molar-refractivity contribution in [2.24, 2.45) is 5.92 Å². The van der Waals surface area contributed by atoms with Gasteiger partial charge in [-0.3, -0.25) is 4.79 Å². The van der Waals surface area contributed by atoms with Crippen LogP contribution in [-0.4, -0.2) is 42.6 Å². The Bertz CT molecular complexity index is 496. The molecule has 1 amide bonds. The molecule has 0 bridgehead atoms. The van der Waals surface area contributed by atoms with Crippen LogP contribution in [0.3, 0.4) is 0 Å². The molecular formula is C17H24N2O2. The van der Waals surface area contributed by atoms with Crippen LogP contribution in [0.25, 0.3) is 0 Å². The van der Waals surface area contributed by atoms with Crippen LogP contribution < -0.4 is 10.1 Å². The van der Waals surface area contributed by atoms with E-state index in [4.69, 9.17) is 4.74 Å². The summed E-state index contributed by atoms with van der Waals surface area (Å²) in [5.41, 5.74) is 0.745. The van der Waals surface area contributed by atoms with E-state index in [0.717, 1.165) is 36.9 Å². The number of carbonyl (C=O) groups excluding carboxylic acids is 1. The van der Waals surface area contributed by atoms with E-state index in [9.17, 15) is 4.79 Å². The summed E-state index contributed by atoms with van der Waals surface area (Å²) in [7, 11) is 0. The summed E-state index contributed by atoms with van der Waals surface area (Å²) in [4.78, 5) is 14.6. The number of hydrogen-bond acceptors (Lipinski definition) is 3. The van der Waals surface area contributed by atoms with E-state index in [1.54, 1.807) is 0 Å². The zero-order valence-electron chi connectivity index (χ0n) is 12.8. The minimum Gasteiger partial charge on any atom is -0.493 e. The highest BCUT2D eigenvalue weighted by Gasteiger charge is 2.28. The highest BCUT2D eigenvalue weighted by Crippen LogP contribution is 2.29. The van der Waals surface area contributed by atoms with Gasteiger partial charge in [0.15, 0.2) is 0 Å². The van der Waals surface area contributed by atoms with Gasteiger partial charge in [0.2, 0.25) is 0 Å². The molecule has 1 aromatic carbocycles. The lowest BCUT2D eigenvalue weighted by atomic mass is 10.1. The monoisotopic (exact) mass is 288 g/mol. The van der Waals surface area contributed by atoms with E-state index in [1.807, 2.05) is 29.2 Å². The van der Waals surface area contributed by atoms with Crippen LogP contribution >= 0.6 is 0 Å². The Labute approximate surface area is 126 Å². The van der Waals surface area contributed by atoms with Crippen molar-refractivity contribution in [1.29, 1.82) is 0 Å². The molecule has 4 nitrogen and oxygen atoms in total. The molecule has 1 N–H and O–H groups in total. The molecule has 0 spiro atoms. The lowest BCUT2D eigenvalue weighted by Crippen LogP contribution is -2.57. The van der Waals surface area contributed by atoms with Crippen molar-refractivity contribution < 1.29 is 9.53 Å². The molecule has 1 aromatic rings. The van der Waals surface area contributed by atoms with Gasteiger partial charge in [-0.1, -0.05) is 0 Å². The first-order chi connectivity index (χ1) is 10.1. The second-order valence-electron chi connectivity index (χ2n) is 6.26. The van der Waals surface area contributed by atoms with Crippen LogP contribution in [0.15, 0.2) is 24.3 Å². The number of hydrogen-bond donors (Lipinski definition) is 1. The number of benzene rings is 1. The summed E-state index contributed by atoms with van der Waals surface area (Å²) in [6, 6.07) is 8.13. The first-order valence-corrected chi connectivity index (χ1v) is 7.92. The second-order valence-corrected chi connectivity index (χ2v) is 6.26. The number of rotatable bonds is 4. The van der Waals surface area contributed by atoms with Gasteiger partial charge in [0.25, 0.3) is 5.91 Å². The number of nitrogens with zero attached hydrogens (tertiary/aromatic N) is 1. The van der Waals surface area contributed by atoms with Crippen LogP contribution in [0.5, 0.6) is 5.75 Å². The molecule has 2 aliphatic rings. The number of nitrogens with one attached hydrogen (secondary N) is 1. The average molecular weight is 288 g/mol. The lowest BCUT2D eigenvalue weighted by Gasteiger charge is -2.38. The third-order valence-corrected chi connectivity index (χ3v) is 4.58. The van der Waals surface area contributed by atoms with Crippen LogP contribution in [0.1, 0.15) is 37.0 Å². The molecule has 0 aromatic heterocycles. The van der Waals surface area contributed by atoms with E-state index in [1.165, 1.54) is 12.8 Å². The largest absolute Gasteiger partial charge is 0.493 e. The fourth-order valence-corrected chi connectivity index (χ4v) is 2.70. The van der Waals surface area contributed by atoms with Crippen molar-refractivity contribution in [3.8, 4) is 5.75 Å². The Morgan fingerprint density at radius 3 is 2.67 bits per heavy atom. The van der Waals surface area contributed by atoms with Gasteiger partial charge < -0.3 is 15.0 Å². The van der Waals surface area contributed by atoms with E-state index in [-0.39, 0.29) is 11.9 Å². The van der Waals surface area contributed by atoms with E-state index in [2.05, 4.69) is 19.2 Å². The SMILES string of the molecule is CC1NCCN(C(=O)c2ccc(OCC3CC3)cc2)C1C. The molecule has 114 valence electrons. The summed E-state index contributed by atoms with van der Waals surface area (Å²) in [6.07, 6.45) is 2.57. The van der Waals surface area contributed by atoms with Crippen molar-refractivity contribution in [3.05, 3.63) is 29.8 Å². The summed E-state index contributed by atoms with van der Waals surface area (Å²) >= 11 is 0. The molecule has 1 aliphatic carbocycles. The quantitative estimate of drug-likeness (QED) is 0.924. The first kappa shape index (κ1) is 14.4. The average Bonchev–Trinajstić information content (AvgIpc) is 3.32. The Morgan fingerprint density at radius 2 is 2.00 bits per heavy atom. The maximum absolute atomic E-state index is 12.6. The molecule has 1 saturated carbocycles. The predicted octanol–water partition coefficient (Wildman–Crippen LogP) is 2.30. The van der Waals surface area contributed by atoms with Crippen LogP contribution in [-0.2, 0) is 0 Å². The maximum Gasteiger partial charge on any atom is 0.254 e. The van der Waals surface area contributed by atoms with Gasteiger partial charge >= 0.3 is 0 Å². The maximum atomic E-state index is 12.6. The van der Waals surface area contributed by atoms with Gasteiger partial charge in [0.05, 0.1) is 6.61 Å². The van der Waals surface area contributed by atoms with Crippen molar-refractivity contribution in [3.63, 3.8) is 0 Å². The molecule has 3 rings (SSSR count). The molecular weight excluding hydrogens is 264 g/mol. The topological polar surface area (TPSA) is 41.6 Å². The molecule has 2 fully saturated rings. The standard InChI is InChI=1S/C17H24N2O2/c1-12-13(2)19(10-9-18-12)17(20)15-5-7-16(8-6-15)21-11-14-3-4-14/h5-8,12-14,18H,3-4,9-11H2,1-2H3. The Kier molecular flexibility index (Phi) is 4.15. The number of amides is 1. The van der Waals surface area contributed by atoms with E-state index >= 15 is 0 Å². The van der Waals surface area contributed by atoms with Crippen LogP contribution in [0.4, 0.5) is 0 Å². The Balaban J connectivity index is 1.63. The molecule has 0 radical (unpaired) electrons. The highest BCUT2D eigenvalue weighted by molar-refractivity contribution is 5.94. The first-order valence-electron chi connectivity index (χ1n) is 7.92. The fourth-order valence-electron chi connectivity index (χ4n) is 2.70. The zero-order valence-corrected chi connectivity index (χ0v) is 12.8. The van der Waals surface area contributed by atoms with Crippen LogP contribution in [0, 0.1) is 5.92 Å². The molecule has 21 heavy (non-hydrogen) atoms. The molecule has 2 atom stereocenters. The van der Waals surface area contributed by atoms with Gasteiger partial charge in [-0.2, -0.15) is 0 Å². The predicted molar refractivity (Wildman–Crippen MR) is 82.6 cm³/mol. The van der Waals surface area contributed by atoms with Crippen molar-refractivity contribution in [1.82, 2.24) is 10.2 Å². The van der Waals surface area contributed by atoms with Crippen LogP contribution in [0.2, 0.25) is 0 Å². The third kappa shape index (κ3) is 3.38. The number of carbonyl (C=O) groups is 1. The van der Waals surface area contributed by atoms with Gasteiger partial charge in [0.1, 0.15) is 5.75 Å². The lowest BCUT2D eigenvalue weighted by molar-refractivity contribution is 0.0603. The summed E-state index contributed by atoms with van der Waals surface area (Å²) in [6.45, 7) is 6.66. The van der Waals surface area contributed by atoms with Gasteiger partial charge in [-0.05, 0) is 56.9 Å². The third-order valence-electron chi connectivity index (χ3n) is 4.58. The Morgan fingerprint density at radius 1 is 1.29 bits per heavy atom. The summed E-state index contributed by atoms with van der Waals surface area (Å²) in [5.74, 6) is 1.72. The van der Waals surface area contributed by atoms with Gasteiger partial charge in [-0.25, -0.2) is 0 Å². The second kappa shape index (κ2) is 6.06. The minimum atomic E-state index is 0.115. The number of piperazine rings is 1. The van der Waals surface area contributed by atoms with Crippen molar-refractivity contribution >= 4 is 5.91 Å². The smallest absolute Gasteiger partial charge is 0.254 e. The van der Waals surface area contributed by atoms with Gasteiger partial charge in [-0.15, -0.1) is 0 Å². The van der Waals surface area contributed by atoms with Crippen molar-refractivity contribution in [2.45, 2.75) is 38.8 Å². The van der Waals surface area contributed by atoms with Crippen molar-refractivity contribution in [2.75, 3.05) is 19.7 Å². The number of ether oxygens (including phenoxy) is 1. The summed E-state index contributed by atoms with van der Waals surface area (Å²) < 4.78 is 5.71. The van der Waals surface area contributed by atoms with E-state index < -0.39 is 0 Å². The fraction of sp³-hybridized carbons (Fsp3) is 0.588. The van der Waals surface area contributed by atoms with Gasteiger partial charge in [0, 0.05) is 30.7 Å². The van der Waals surface area contributed by atoms with E-state index in [0.29, 0.717) is 6.04 Å². The highest BCUT2D eigenvalue weighted by atomic mass is 16.5. The Hall–Kier alpha value is -1.55. The minimum absolute atomic E-state index is 0.115. The zero-order chi connectivity index (χ0) is 14.8. The molecule has 1 heterocycles. The molecule has 2 unspecified atom stereocenters. The molecule has 1 aliphatic heterocycles. The molecule has 4 heteroatoms.